The van der Waals surface area contributed by atoms with Crippen LogP contribution in [0.3, 0.4) is 0 Å². The van der Waals surface area contributed by atoms with Crippen LogP contribution in [0.15, 0.2) is 24.5 Å². The molecule has 4 rings (SSSR count). The van der Waals surface area contributed by atoms with Crippen LogP contribution in [0.1, 0.15) is 37.7 Å². The first-order chi connectivity index (χ1) is 14.0. The zero-order valence-electron chi connectivity index (χ0n) is 16.8. The van der Waals surface area contributed by atoms with Gasteiger partial charge in [0.1, 0.15) is 0 Å². The molecule has 0 aromatic carbocycles. The fourth-order valence-corrected chi connectivity index (χ4v) is 5.39. The Bertz CT molecular complexity index is 761. The molecular formula is C22H30N4O3. The van der Waals surface area contributed by atoms with E-state index in [0.717, 1.165) is 31.4 Å². The fourth-order valence-electron chi connectivity index (χ4n) is 5.39. The molecule has 1 aliphatic carbocycles. The molecule has 3 fully saturated rings. The molecule has 0 bridgehead atoms. The average molecular weight is 399 g/mol. The largest absolute Gasteiger partial charge is 0.369 e. The third kappa shape index (κ3) is 4.28. The van der Waals surface area contributed by atoms with Gasteiger partial charge in [-0.2, -0.15) is 0 Å². The monoisotopic (exact) mass is 398 g/mol. The number of hydrogen-bond acceptors (Lipinski definition) is 4. The number of nitrogens with zero attached hydrogens (tertiary/aromatic N) is 3. The number of rotatable bonds is 4. The van der Waals surface area contributed by atoms with Crippen molar-refractivity contribution in [2.45, 2.75) is 38.5 Å². The lowest BCUT2D eigenvalue weighted by atomic mass is 9.73. The molecule has 3 aliphatic rings. The summed E-state index contributed by atoms with van der Waals surface area (Å²) in [5.74, 6) is 0.663. The maximum Gasteiger partial charge on any atom is 0.227 e. The van der Waals surface area contributed by atoms with E-state index in [1.165, 1.54) is 0 Å². The SMILES string of the molecule is NC(=O)C1CCN(C(=O)[C@H]2CCC[C@H]3CN(C(=O)Cc4ccncc4)C[C@@H]32)CC1. The number of nitrogens with two attached hydrogens (primary N) is 1. The number of fused-ring (bicyclic) bond motifs is 1. The van der Waals surface area contributed by atoms with Crippen LogP contribution < -0.4 is 5.73 Å². The van der Waals surface area contributed by atoms with Crippen molar-refractivity contribution < 1.29 is 14.4 Å². The van der Waals surface area contributed by atoms with Crippen molar-refractivity contribution in [3.63, 3.8) is 0 Å². The van der Waals surface area contributed by atoms with Crippen LogP contribution in [0, 0.1) is 23.7 Å². The molecule has 0 spiro atoms. The fraction of sp³-hybridized carbons (Fsp3) is 0.636. The Morgan fingerprint density at radius 2 is 1.72 bits per heavy atom. The van der Waals surface area contributed by atoms with E-state index in [2.05, 4.69) is 4.98 Å². The van der Waals surface area contributed by atoms with Gasteiger partial charge in [-0.15, -0.1) is 0 Å². The number of aromatic nitrogens is 1. The van der Waals surface area contributed by atoms with E-state index in [-0.39, 0.29) is 35.5 Å². The van der Waals surface area contributed by atoms with Crippen LogP contribution in [0.25, 0.3) is 0 Å². The summed E-state index contributed by atoms with van der Waals surface area (Å²) in [7, 11) is 0. The van der Waals surface area contributed by atoms with E-state index in [1.807, 2.05) is 21.9 Å². The lowest BCUT2D eigenvalue weighted by Gasteiger charge is -2.38. The number of hydrogen-bond donors (Lipinski definition) is 1. The minimum absolute atomic E-state index is 0.00222. The summed E-state index contributed by atoms with van der Waals surface area (Å²) in [5.41, 5.74) is 6.39. The third-order valence-corrected chi connectivity index (χ3v) is 7.08. The van der Waals surface area contributed by atoms with E-state index >= 15 is 0 Å². The topological polar surface area (TPSA) is 96.6 Å². The molecule has 1 saturated carbocycles. The van der Waals surface area contributed by atoms with Gasteiger partial charge in [0.15, 0.2) is 0 Å². The molecule has 0 radical (unpaired) electrons. The Morgan fingerprint density at radius 3 is 2.41 bits per heavy atom. The minimum Gasteiger partial charge on any atom is -0.369 e. The Morgan fingerprint density at radius 1 is 1.00 bits per heavy atom. The second kappa shape index (κ2) is 8.51. The molecule has 29 heavy (non-hydrogen) atoms. The number of amides is 3. The Hall–Kier alpha value is -2.44. The van der Waals surface area contributed by atoms with Crippen LogP contribution >= 0.6 is 0 Å². The van der Waals surface area contributed by atoms with Crippen molar-refractivity contribution in [3.05, 3.63) is 30.1 Å². The van der Waals surface area contributed by atoms with Gasteiger partial charge in [-0.3, -0.25) is 19.4 Å². The van der Waals surface area contributed by atoms with Gasteiger partial charge in [-0.1, -0.05) is 6.42 Å². The second-order valence-electron chi connectivity index (χ2n) is 8.79. The van der Waals surface area contributed by atoms with Gasteiger partial charge in [0.05, 0.1) is 6.42 Å². The number of carbonyl (C=O) groups excluding carboxylic acids is 3. The number of carbonyl (C=O) groups is 3. The second-order valence-corrected chi connectivity index (χ2v) is 8.79. The molecule has 2 aliphatic heterocycles. The number of likely N-dealkylation sites (tertiary alicyclic amines) is 2. The summed E-state index contributed by atoms with van der Waals surface area (Å²) in [4.78, 5) is 45.3. The molecule has 2 saturated heterocycles. The van der Waals surface area contributed by atoms with Crippen molar-refractivity contribution in [1.82, 2.24) is 14.8 Å². The lowest BCUT2D eigenvalue weighted by Crippen LogP contribution is -2.47. The maximum absolute atomic E-state index is 13.2. The smallest absolute Gasteiger partial charge is 0.227 e. The molecule has 156 valence electrons. The zero-order chi connectivity index (χ0) is 20.4. The summed E-state index contributed by atoms with van der Waals surface area (Å²) >= 11 is 0. The molecule has 3 amide bonds. The predicted molar refractivity (Wildman–Crippen MR) is 107 cm³/mol. The first-order valence-electron chi connectivity index (χ1n) is 10.8. The van der Waals surface area contributed by atoms with Gasteiger partial charge in [0.2, 0.25) is 17.7 Å². The lowest BCUT2D eigenvalue weighted by molar-refractivity contribution is -0.142. The van der Waals surface area contributed by atoms with Crippen LogP contribution in [0.4, 0.5) is 0 Å². The molecular weight excluding hydrogens is 368 g/mol. The number of piperidine rings is 1. The number of pyridine rings is 1. The van der Waals surface area contributed by atoms with Crippen molar-refractivity contribution in [3.8, 4) is 0 Å². The Balaban J connectivity index is 1.37. The van der Waals surface area contributed by atoms with Crippen molar-refractivity contribution in [1.29, 1.82) is 0 Å². The van der Waals surface area contributed by atoms with Gasteiger partial charge in [-0.25, -0.2) is 0 Å². The highest BCUT2D eigenvalue weighted by Gasteiger charge is 2.45. The molecule has 1 aromatic heterocycles. The maximum atomic E-state index is 13.2. The van der Waals surface area contributed by atoms with Crippen molar-refractivity contribution in [2.75, 3.05) is 26.2 Å². The van der Waals surface area contributed by atoms with Crippen LogP contribution in [0.5, 0.6) is 0 Å². The summed E-state index contributed by atoms with van der Waals surface area (Å²) in [6, 6.07) is 3.76. The summed E-state index contributed by atoms with van der Waals surface area (Å²) in [5, 5.41) is 0. The van der Waals surface area contributed by atoms with E-state index in [4.69, 9.17) is 5.73 Å². The van der Waals surface area contributed by atoms with Gasteiger partial charge >= 0.3 is 0 Å². The molecule has 0 unspecified atom stereocenters. The van der Waals surface area contributed by atoms with Gasteiger partial charge in [-0.05, 0) is 55.2 Å². The quantitative estimate of drug-likeness (QED) is 0.825. The minimum atomic E-state index is -0.256. The van der Waals surface area contributed by atoms with E-state index < -0.39 is 0 Å². The molecule has 7 heteroatoms. The summed E-state index contributed by atoms with van der Waals surface area (Å²) < 4.78 is 0. The van der Waals surface area contributed by atoms with E-state index in [0.29, 0.717) is 44.8 Å². The molecule has 7 nitrogen and oxygen atoms in total. The Labute approximate surface area is 171 Å². The van der Waals surface area contributed by atoms with Crippen LogP contribution in [0.2, 0.25) is 0 Å². The van der Waals surface area contributed by atoms with Crippen LogP contribution in [-0.4, -0.2) is 58.7 Å². The van der Waals surface area contributed by atoms with E-state index in [1.54, 1.807) is 12.4 Å². The summed E-state index contributed by atoms with van der Waals surface area (Å²) in [6.07, 6.45) is 8.18. The molecule has 1 aromatic rings. The highest BCUT2D eigenvalue weighted by molar-refractivity contribution is 5.82. The summed E-state index contributed by atoms with van der Waals surface area (Å²) in [6.45, 7) is 2.68. The highest BCUT2D eigenvalue weighted by atomic mass is 16.2. The highest BCUT2D eigenvalue weighted by Crippen LogP contribution is 2.41. The normalized spacial score (nSPS) is 27.5. The third-order valence-electron chi connectivity index (χ3n) is 7.08. The standard InChI is InChI=1S/C22H30N4O3/c23-21(28)16-6-10-25(11-7-16)22(29)18-3-1-2-17-13-26(14-19(17)18)20(27)12-15-4-8-24-9-5-15/h4-5,8-9,16-19H,1-3,6-7,10-14H2,(H2,23,28)/t17-,18-,19-/m0/s1. The van der Waals surface area contributed by atoms with Crippen LogP contribution in [-0.2, 0) is 20.8 Å². The molecule has 3 heterocycles. The first kappa shape index (κ1) is 19.9. The van der Waals surface area contributed by atoms with Gasteiger partial charge in [0, 0.05) is 50.4 Å². The average Bonchev–Trinajstić information content (AvgIpc) is 3.19. The van der Waals surface area contributed by atoms with Gasteiger partial charge < -0.3 is 15.5 Å². The predicted octanol–water partition coefficient (Wildman–Crippen LogP) is 1.22. The van der Waals surface area contributed by atoms with Crippen molar-refractivity contribution >= 4 is 17.7 Å². The van der Waals surface area contributed by atoms with Crippen molar-refractivity contribution in [2.24, 2.45) is 29.4 Å². The number of primary amides is 1. The molecule has 2 N–H and O–H groups in total. The zero-order valence-corrected chi connectivity index (χ0v) is 16.8. The first-order valence-corrected chi connectivity index (χ1v) is 10.8. The van der Waals surface area contributed by atoms with E-state index in [9.17, 15) is 14.4 Å². The van der Waals surface area contributed by atoms with Gasteiger partial charge in [0.25, 0.3) is 0 Å². The Kier molecular flexibility index (Phi) is 5.83. The molecule has 3 atom stereocenters.